The molecule has 0 radical (unpaired) electrons. The fourth-order valence-electron chi connectivity index (χ4n) is 14.4. The second kappa shape index (κ2) is 75.6. The fraction of sp³-hybridized carbons (Fsp3) is 0.953. The molecule has 1 saturated heterocycles. The predicted molar refractivity (Wildman–Crippen MR) is 412 cm³/mol. The molecule has 1 amide bonds. The van der Waals surface area contributed by atoms with Crippen molar-refractivity contribution in [2.45, 2.75) is 506 Å². The van der Waals surface area contributed by atoms with Crippen molar-refractivity contribution in [1.29, 1.82) is 0 Å². The average Bonchev–Trinajstić information content (AvgIpc) is 0.839. The van der Waals surface area contributed by atoms with Crippen molar-refractivity contribution in [2.24, 2.45) is 0 Å². The monoisotopic (exact) mass is 1370 g/mol. The van der Waals surface area contributed by atoms with Crippen molar-refractivity contribution in [1.82, 2.24) is 5.32 Å². The predicted octanol–water partition coefficient (Wildman–Crippen LogP) is 24.1. The van der Waals surface area contributed by atoms with E-state index >= 15 is 0 Å². The van der Waals surface area contributed by atoms with Gasteiger partial charge < -0.3 is 45.1 Å². The van der Waals surface area contributed by atoms with Crippen LogP contribution in [0.5, 0.6) is 0 Å². The third-order valence-electron chi connectivity index (χ3n) is 21.2. The molecule has 1 aliphatic rings. The van der Waals surface area contributed by atoms with Crippen molar-refractivity contribution in [3.8, 4) is 0 Å². The van der Waals surface area contributed by atoms with Crippen LogP contribution in [0.4, 0.5) is 0 Å². The molecule has 0 aliphatic carbocycles. The van der Waals surface area contributed by atoms with Gasteiger partial charge in [0.2, 0.25) is 5.91 Å². The van der Waals surface area contributed by atoms with Gasteiger partial charge >= 0.3 is 5.97 Å². The van der Waals surface area contributed by atoms with E-state index in [1.807, 2.05) is 6.08 Å². The number of rotatable bonds is 79. The molecular weight excluding hydrogens is 1210 g/mol. The van der Waals surface area contributed by atoms with Crippen LogP contribution in [-0.4, -0.2) is 100 Å². The SMILES string of the molecule is CCCCCCCCCCCCCCC/C=C/C(O)C(COC1OC(CO)C(O)C(O)C1O)NC(=O)CCCCCCCCCCCCCCCCCCCCCCCCCCCCCCCCCCCCCCCCCOC(=O)CCCCCCCCCCCCCCCCC. The third kappa shape index (κ3) is 63.8. The topological polar surface area (TPSA) is 175 Å². The highest BCUT2D eigenvalue weighted by Gasteiger charge is 2.44. The Labute approximate surface area is 601 Å². The molecule has 7 unspecified atom stereocenters. The van der Waals surface area contributed by atoms with E-state index in [0.29, 0.717) is 19.4 Å². The third-order valence-corrected chi connectivity index (χ3v) is 21.2. The van der Waals surface area contributed by atoms with E-state index in [2.05, 4.69) is 19.2 Å². The zero-order valence-electron chi connectivity index (χ0n) is 64.6. The van der Waals surface area contributed by atoms with E-state index in [4.69, 9.17) is 14.2 Å². The lowest BCUT2D eigenvalue weighted by molar-refractivity contribution is -0.302. The second-order valence-corrected chi connectivity index (χ2v) is 30.6. The maximum absolute atomic E-state index is 13.1. The first-order valence-corrected chi connectivity index (χ1v) is 43.5. The number of aliphatic hydroxyl groups is 5. The fourth-order valence-corrected chi connectivity index (χ4v) is 14.4. The van der Waals surface area contributed by atoms with Gasteiger partial charge in [-0.05, 0) is 32.1 Å². The van der Waals surface area contributed by atoms with Gasteiger partial charge in [-0.15, -0.1) is 0 Å². The summed E-state index contributed by atoms with van der Waals surface area (Å²) in [5, 5.41) is 54.7. The summed E-state index contributed by atoms with van der Waals surface area (Å²) in [5.41, 5.74) is 0. The first-order valence-electron chi connectivity index (χ1n) is 43.5. The quantitative estimate of drug-likeness (QED) is 0.0195. The highest BCUT2D eigenvalue weighted by Crippen LogP contribution is 2.24. The Morgan fingerprint density at radius 3 is 0.959 bits per heavy atom. The molecule has 0 aromatic heterocycles. The normalized spacial score (nSPS) is 17.2. The van der Waals surface area contributed by atoms with Gasteiger partial charge in [0.1, 0.15) is 24.4 Å². The molecule has 0 bridgehead atoms. The van der Waals surface area contributed by atoms with Crippen LogP contribution >= 0.6 is 0 Å². The lowest BCUT2D eigenvalue weighted by Gasteiger charge is -2.40. The highest BCUT2D eigenvalue weighted by molar-refractivity contribution is 5.76. The zero-order valence-corrected chi connectivity index (χ0v) is 64.6. The molecule has 576 valence electrons. The summed E-state index contributed by atoms with van der Waals surface area (Å²) >= 11 is 0. The van der Waals surface area contributed by atoms with Gasteiger partial charge in [0.25, 0.3) is 0 Å². The summed E-state index contributed by atoms with van der Waals surface area (Å²) in [5.74, 6) is -0.148. The molecule has 1 fully saturated rings. The van der Waals surface area contributed by atoms with Crippen LogP contribution < -0.4 is 5.32 Å². The Kier molecular flexibility index (Phi) is 72.8. The standard InChI is InChI=1S/C86H167NO10/c1-3-5-7-9-11-13-15-17-44-48-52-56-60-64-68-72-79(89)78(77-96-86-85(94)84(93)83(92)80(76-88)97-86)87-81(90)73-69-65-61-57-53-49-46-42-40-38-36-34-32-30-28-26-24-22-20-19-21-23-25-27-29-31-33-35-37-39-41-43-47-51-55-59-63-67-71-75-95-82(91)74-70-66-62-58-54-50-45-18-16-14-12-10-8-6-4-2/h68,72,78-80,83-86,88-89,92-94H,3-67,69-71,73-77H2,1-2H3,(H,87,90)/b72-68+. The summed E-state index contributed by atoms with van der Waals surface area (Å²) in [4.78, 5) is 25.2. The van der Waals surface area contributed by atoms with Gasteiger partial charge in [-0.3, -0.25) is 9.59 Å². The van der Waals surface area contributed by atoms with Crippen LogP contribution in [0.15, 0.2) is 12.2 Å². The Morgan fingerprint density at radius 1 is 0.371 bits per heavy atom. The number of carbonyl (C=O) groups excluding carboxylic acids is 2. The summed E-state index contributed by atoms with van der Waals surface area (Å²) in [6.45, 7) is 4.43. The summed E-state index contributed by atoms with van der Waals surface area (Å²) in [6, 6.07) is -0.805. The minimum Gasteiger partial charge on any atom is -0.466 e. The van der Waals surface area contributed by atoms with Gasteiger partial charge in [0.15, 0.2) is 6.29 Å². The van der Waals surface area contributed by atoms with Gasteiger partial charge in [-0.2, -0.15) is 0 Å². The van der Waals surface area contributed by atoms with Gasteiger partial charge in [-0.25, -0.2) is 0 Å². The van der Waals surface area contributed by atoms with E-state index in [-0.39, 0.29) is 18.5 Å². The number of hydrogen-bond donors (Lipinski definition) is 6. The number of carbonyl (C=O) groups is 2. The van der Waals surface area contributed by atoms with Crippen molar-refractivity contribution in [3.63, 3.8) is 0 Å². The number of hydrogen-bond acceptors (Lipinski definition) is 10. The number of aliphatic hydroxyl groups excluding tert-OH is 5. The number of unbranched alkanes of at least 4 members (excludes halogenated alkanes) is 65. The zero-order chi connectivity index (χ0) is 70.1. The van der Waals surface area contributed by atoms with E-state index in [1.54, 1.807) is 6.08 Å². The van der Waals surface area contributed by atoms with E-state index in [1.165, 1.54) is 385 Å². The lowest BCUT2D eigenvalue weighted by Crippen LogP contribution is -2.60. The molecule has 0 saturated carbocycles. The minimum atomic E-state index is -1.57. The van der Waals surface area contributed by atoms with Crippen LogP contribution in [-0.2, 0) is 23.8 Å². The summed E-state index contributed by atoms with van der Waals surface area (Å²) in [7, 11) is 0. The molecule has 0 spiro atoms. The molecule has 6 N–H and O–H groups in total. The number of esters is 1. The van der Waals surface area contributed by atoms with E-state index in [9.17, 15) is 35.1 Å². The molecule has 11 heteroatoms. The van der Waals surface area contributed by atoms with Gasteiger partial charge in [-0.1, -0.05) is 431 Å². The average molecular weight is 1380 g/mol. The van der Waals surface area contributed by atoms with Crippen LogP contribution in [0.1, 0.15) is 463 Å². The summed E-state index contributed by atoms with van der Waals surface area (Å²) < 4.78 is 16.8. The molecule has 7 atom stereocenters. The highest BCUT2D eigenvalue weighted by atomic mass is 16.7. The van der Waals surface area contributed by atoms with Gasteiger partial charge in [0.05, 0.1) is 32.0 Å². The lowest BCUT2D eigenvalue weighted by atomic mass is 9.99. The first-order chi connectivity index (χ1) is 47.7. The second-order valence-electron chi connectivity index (χ2n) is 30.6. The number of ether oxygens (including phenoxy) is 3. The molecule has 1 heterocycles. The molecular formula is C86H167NO10. The van der Waals surface area contributed by atoms with Crippen LogP contribution in [0, 0.1) is 0 Å². The molecule has 0 aromatic carbocycles. The molecule has 0 aromatic rings. The Morgan fingerprint density at radius 2 is 0.649 bits per heavy atom. The van der Waals surface area contributed by atoms with Crippen molar-refractivity contribution >= 4 is 11.9 Å². The number of amides is 1. The Balaban J connectivity index is 1.87. The smallest absolute Gasteiger partial charge is 0.305 e. The maximum Gasteiger partial charge on any atom is 0.305 e. The molecule has 1 aliphatic heterocycles. The van der Waals surface area contributed by atoms with Crippen molar-refractivity contribution < 1.29 is 49.3 Å². The van der Waals surface area contributed by atoms with Crippen molar-refractivity contribution in [3.05, 3.63) is 12.2 Å². The largest absolute Gasteiger partial charge is 0.466 e. The van der Waals surface area contributed by atoms with Gasteiger partial charge in [0, 0.05) is 12.8 Å². The minimum absolute atomic E-state index is 0.0226. The summed E-state index contributed by atoms with van der Waals surface area (Å²) in [6.07, 6.45) is 87.0. The number of allylic oxidation sites excluding steroid dienone is 1. The molecule has 97 heavy (non-hydrogen) atoms. The maximum atomic E-state index is 13.1. The van der Waals surface area contributed by atoms with Crippen LogP contribution in [0.25, 0.3) is 0 Å². The van der Waals surface area contributed by atoms with Crippen molar-refractivity contribution in [2.75, 3.05) is 19.8 Å². The Hall–Kier alpha value is -1.60. The van der Waals surface area contributed by atoms with E-state index in [0.717, 1.165) is 51.4 Å². The first kappa shape index (κ1) is 93.4. The Bertz CT molecular complexity index is 1610. The van der Waals surface area contributed by atoms with Crippen LogP contribution in [0.2, 0.25) is 0 Å². The van der Waals surface area contributed by atoms with E-state index < -0.39 is 49.5 Å². The number of nitrogens with one attached hydrogen (secondary N) is 1. The molecule has 1 rings (SSSR count). The van der Waals surface area contributed by atoms with Crippen LogP contribution in [0.3, 0.4) is 0 Å². The molecule has 11 nitrogen and oxygen atoms in total.